The summed E-state index contributed by atoms with van der Waals surface area (Å²) in [7, 11) is -2.40. The second-order valence-corrected chi connectivity index (χ2v) is 8.77. The Bertz CT molecular complexity index is 1290. The number of hydrogen-bond donors (Lipinski definition) is 5. The van der Waals surface area contributed by atoms with Crippen molar-refractivity contribution >= 4 is 42.9 Å². The number of aromatic carboxylic acids is 1. The van der Waals surface area contributed by atoms with Crippen molar-refractivity contribution in [1.82, 2.24) is 10.6 Å². The van der Waals surface area contributed by atoms with Gasteiger partial charge in [0.2, 0.25) is 0 Å². The minimum absolute atomic E-state index is 0.00429. The SMILES string of the molecule is O=C(O)c1cc(CNC(=O)C2OB(O)c3ccccc32)cc(CNC(=O)C2OB(O)c3ccccc32)c1. The maximum Gasteiger partial charge on any atom is 0.492 e. The lowest BCUT2D eigenvalue weighted by atomic mass is 9.79. The van der Waals surface area contributed by atoms with Crippen molar-refractivity contribution < 1.29 is 38.8 Å². The number of fused-ring (bicyclic) bond motifs is 2. The van der Waals surface area contributed by atoms with Crippen LogP contribution in [0.1, 0.15) is 44.8 Å². The highest BCUT2D eigenvalue weighted by Crippen LogP contribution is 2.25. The number of carbonyl (C=O) groups excluding carboxylic acids is 2. The van der Waals surface area contributed by atoms with Gasteiger partial charge in [-0.3, -0.25) is 9.59 Å². The van der Waals surface area contributed by atoms with Crippen molar-refractivity contribution in [3.05, 3.63) is 94.5 Å². The van der Waals surface area contributed by atoms with Crippen LogP contribution in [0.4, 0.5) is 0 Å². The molecule has 0 radical (unpaired) electrons. The summed E-state index contributed by atoms with van der Waals surface area (Å²) in [6.45, 7) is 0.00858. The van der Waals surface area contributed by atoms with Gasteiger partial charge in [-0.15, -0.1) is 0 Å². The molecule has 0 bridgehead atoms. The van der Waals surface area contributed by atoms with Crippen LogP contribution in [-0.2, 0) is 32.0 Å². The third-order valence-electron chi connectivity index (χ3n) is 6.33. The first-order valence-electron chi connectivity index (χ1n) is 11.6. The van der Waals surface area contributed by atoms with Gasteiger partial charge in [0.25, 0.3) is 11.8 Å². The fourth-order valence-corrected chi connectivity index (χ4v) is 4.56. The number of hydrogen-bond acceptors (Lipinski definition) is 7. The number of carboxylic acid groups (broad SMARTS) is 1. The number of rotatable bonds is 7. The molecule has 0 spiro atoms. The maximum absolute atomic E-state index is 12.8. The molecule has 10 nitrogen and oxygen atoms in total. The van der Waals surface area contributed by atoms with E-state index in [0.29, 0.717) is 33.2 Å². The summed E-state index contributed by atoms with van der Waals surface area (Å²) in [6.07, 6.45) is -1.98. The molecule has 0 aliphatic carbocycles. The van der Waals surface area contributed by atoms with E-state index in [1.807, 2.05) is 0 Å². The van der Waals surface area contributed by atoms with Gasteiger partial charge in [0, 0.05) is 13.1 Å². The fraction of sp³-hybridized carbons (Fsp3) is 0.160. The molecule has 0 saturated carbocycles. The van der Waals surface area contributed by atoms with Crippen LogP contribution in [0.25, 0.3) is 0 Å². The van der Waals surface area contributed by atoms with Gasteiger partial charge in [-0.05, 0) is 45.3 Å². The molecule has 2 amide bonds. The quantitative estimate of drug-likeness (QED) is 0.273. The lowest BCUT2D eigenvalue weighted by Crippen LogP contribution is -2.31. The molecule has 186 valence electrons. The Hall–Kier alpha value is -3.96. The van der Waals surface area contributed by atoms with Crippen molar-refractivity contribution in [2.24, 2.45) is 0 Å². The van der Waals surface area contributed by atoms with Crippen LogP contribution >= 0.6 is 0 Å². The van der Waals surface area contributed by atoms with Crippen molar-refractivity contribution in [3.8, 4) is 0 Å². The Morgan fingerprint density at radius 1 is 0.730 bits per heavy atom. The summed E-state index contributed by atoms with van der Waals surface area (Å²) in [5, 5.41) is 35.1. The molecule has 5 N–H and O–H groups in total. The highest BCUT2D eigenvalue weighted by molar-refractivity contribution is 6.62. The predicted molar refractivity (Wildman–Crippen MR) is 133 cm³/mol. The van der Waals surface area contributed by atoms with Crippen molar-refractivity contribution in [1.29, 1.82) is 0 Å². The topological polar surface area (TPSA) is 154 Å². The molecular weight excluding hydrogens is 478 g/mol. The highest BCUT2D eigenvalue weighted by Gasteiger charge is 2.39. The van der Waals surface area contributed by atoms with Crippen molar-refractivity contribution in [2.45, 2.75) is 25.3 Å². The molecule has 37 heavy (non-hydrogen) atoms. The second-order valence-electron chi connectivity index (χ2n) is 8.77. The molecule has 3 aromatic carbocycles. The molecule has 12 heteroatoms. The Kier molecular flexibility index (Phi) is 6.81. The van der Waals surface area contributed by atoms with Crippen LogP contribution in [0.3, 0.4) is 0 Å². The zero-order chi connectivity index (χ0) is 26.1. The Morgan fingerprint density at radius 3 is 1.59 bits per heavy atom. The molecule has 5 rings (SSSR count). The first-order chi connectivity index (χ1) is 17.8. The molecule has 0 saturated heterocycles. The fourth-order valence-electron chi connectivity index (χ4n) is 4.56. The van der Waals surface area contributed by atoms with Gasteiger partial charge in [-0.2, -0.15) is 0 Å². The number of nitrogens with one attached hydrogen (secondary N) is 2. The van der Waals surface area contributed by atoms with E-state index in [9.17, 15) is 29.5 Å². The minimum atomic E-state index is -1.20. The zero-order valence-electron chi connectivity index (χ0n) is 19.5. The first kappa shape index (κ1) is 24.7. The standard InChI is InChI=1S/C25H22B2N2O8/c30-23(21-17-5-1-3-7-19(17)26(34)36-21)28-12-14-9-15(11-16(10-14)25(32)33)13-29-24(31)22-18-6-2-4-8-20(18)27(35)37-22/h1-11,21-22,34-35H,12-13H2,(H,28,30)(H,29,31)(H,32,33). The minimum Gasteiger partial charge on any atom is -0.478 e. The second kappa shape index (κ2) is 10.2. The molecule has 3 aromatic rings. The van der Waals surface area contributed by atoms with E-state index in [-0.39, 0.29) is 18.7 Å². The van der Waals surface area contributed by atoms with Crippen LogP contribution in [0.2, 0.25) is 0 Å². The van der Waals surface area contributed by atoms with Gasteiger partial charge in [0.15, 0.2) is 0 Å². The molecule has 2 aliphatic rings. The third kappa shape index (κ3) is 5.00. The first-order valence-corrected chi connectivity index (χ1v) is 11.6. The summed E-state index contributed by atoms with van der Waals surface area (Å²) in [4.78, 5) is 37.2. The van der Waals surface area contributed by atoms with E-state index in [1.54, 1.807) is 54.6 Å². The van der Waals surface area contributed by atoms with Crippen LogP contribution in [0.15, 0.2) is 66.7 Å². The Balaban J connectivity index is 1.26. The Morgan fingerprint density at radius 2 is 1.16 bits per heavy atom. The summed E-state index contributed by atoms with van der Waals surface area (Å²) in [5.74, 6) is -2.11. The van der Waals surface area contributed by atoms with Gasteiger partial charge in [-0.1, -0.05) is 54.6 Å². The smallest absolute Gasteiger partial charge is 0.478 e. The highest BCUT2D eigenvalue weighted by atomic mass is 16.5. The molecule has 0 aromatic heterocycles. The van der Waals surface area contributed by atoms with Gasteiger partial charge >= 0.3 is 20.2 Å². The molecular formula is C25H22B2N2O8. The monoisotopic (exact) mass is 500 g/mol. The van der Waals surface area contributed by atoms with Crippen LogP contribution in [0.5, 0.6) is 0 Å². The third-order valence-corrected chi connectivity index (χ3v) is 6.33. The molecule has 0 fully saturated rings. The molecule has 2 unspecified atom stereocenters. The number of benzene rings is 3. The van der Waals surface area contributed by atoms with E-state index in [0.717, 1.165) is 0 Å². The van der Waals surface area contributed by atoms with Crippen LogP contribution in [-0.4, -0.2) is 47.2 Å². The lowest BCUT2D eigenvalue weighted by molar-refractivity contribution is -0.129. The Labute approximate surface area is 212 Å². The van der Waals surface area contributed by atoms with Gasteiger partial charge in [0.1, 0.15) is 12.2 Å². The number of amides is 2. The van der Waals surface area contributed by atoms with Crippen LogP contribution in [0, 0.1) is 0 Å². The zero-order valence-corrected chi connectivity index (χ0v) is 19.5. The lowest BCUT2D eigenvalue weighted by Gasteiger charge is -2.15. The van der Waals surface area contributed by atoms with E-state index >= 15 is 0 Å². The summed E-state index contributed by atoms with van der Waals surface area (Å²) in [5.41, 5.74) is 3.17. The number of carbonyl (C=O) groups is 3. The summed E-state index contributed by atoms with van der Waals surface area (Å²) in [6, 6.07) is 18.3. The van der Waals surface area contributed by atoms with E-state index in [2.05, 4.69) is 10.6 Å². The normalized spacial score (nSPS) is 17.8. The van der Waals surface area contributed by atoms with Gasteiger partial charge in [-0.25, -0.2) is 4.79 Å². The molecule has 2 aliphatic heterocycles. The van der Waals surface area contributed by atoms with Gasteiger partial charge < -0.3 is 35.1 Å². The average Bonchev–Trinajstić information content (AvgIpc) is 3.43. The molecule has 2 heterocycles. The van der Waals surface area contributed by atoms with E-state index < -0.39 is 44.2 Å². The van der Waals surface area contributed by atoms with Crippen LogP contribution < -0.4 is 21.6 Å². The number of carboxylic acids is 1. The van der Waals surface area contributed by atoms with Crippen molar-refractivity contribution in [3.63, 3.8) is 0 Å². The maximum atomic E-state index is 12.8. The van der Waals surface area contributed by atoms with Gasteiger partial charge in [0.05, 0.1) is 5.56 Å². The molecule has 2 atom stereocenters. The largest absolute Gasteiger partial charge is 0.492 e. The average molecular weight is 500 g/mol. The summed E-state index contributed by atoms with van der Waals surface area (Å²) < 4.78 is 10.8. The summed E-state index contributed by atoms with van der Waals surface area (Å²) >= 11 is 0. The predicted octanol–water partition coefficient (Wildman–Crippen LogP) is -0.465. The van der Waals surface area contributed by atoms with E-state index in [4.69, 9.17) is 9.31 Å². The van der Waals surface area contributed by atoms with E-state index in [1.165, 1.54) is 12.1 Å². The van der Waals surface area contributed by atoms with Crippen molar-refractivity contribution in [2.75, 3.05) is 0 Å².